The third-order valence-electron chi connectivity index (χ3n) is 2.26. The summed E-state index contributed by atoms with van der Waals surface area (Å²) >= 11 is 3.38. The lowest BCUT2D eigenvalue weighted by atomic mass is 10.1. The molecule has 15 heavy (non-hydrogen) atoms. The fourth-order valence-corrected chi connectivity index (χ4v) is 1.84. The van der Waals surface area contributed by atoms with Crippen LogP contribution in [-0.4, -0.2) is 24.2 Å². The van der Waals surface area contributed by atoms with Crippen molar-refractivity contribution < 1.29 is 9.90 Å². The van der Waals surface area contributed by atoms with Gasteiger partial charge in [0.1, 0.15) is 6.04 Å². The van der Waals surface area contributed by atoms with E-state index in [9.17, 15) is 4.79 Å². The van der Waals surface area contributed by atoms with Crippen LogP contribution in [0.5, 0.6) is 0 Å². The van der Waals surface area contributed by atoms with Gasteiger partial charge in [-0.15, -0.1) is 0 Å². The lowest BCUT2D eigenvalue weighted by Crippen LogP contribution is -2.34. The van der Waals surface area contributed by atoms with Crippen LogP contribution in [0.2, 0.25) is 0 Å². The number of aryl methyl sites for hydroxylation is 1. The summed E-state index contributed by atoms with van der Waals surface area (Å²) in [6.07, 6.45) is 1.36. The van der Waals surface area contributed by atoms with Crippen molar-refractivity contribution in [1.82, 2.24) is 5.32 Å². The first-order valence-corrected chi connectivity index (χ1v) is 5.57. The Bertz CT molecular complexity index is 341. The predicted molar refractivity (Wildman–Crippen MR) is 62.9 cm³/mol. The summed E-state index contributed by atoms with van der Waals surface area (Å²) in [5.74, 6) is -0.799. The van der Waals surface area contributed by atoms with E-state index >= 15 is 0 Å². The summed E-state index contributed by atoms with van der Waals surface area (Å²) in [6, 6.07) is 7.45. The molecule has 0 radical (unpaired) electrons. The van der Waals surface area contributed by atoms with Gasteiger partial charge in [0.25, 0.3) is 0 Å². The Morgan fingerprint density at radius 3 is 2.87 bits per heavy atom. The Morgan fingerprint density at radius 1 is 1.60 bits per heavy atom. The van der Waals surface area contributed by atoms with Crippen LogP contribution in [0.25, 0.3) is 0 Å². The normalized spacial score (nSPS) is 12.4. The molecule has 4 heteroatoms. The number of likely N-dealkylation sites (N-methyl/N-ethyl adjacent to an activating group) is 1. The Balaban J connectivity index is 2.52. The second kappa shape index (κ2) is 5.88. The van der Waals surface area contributed by atoms with E-state index in [2.05, 4.69) is 21.2 Å². The SMILES string of the molecule is CNC(CCc1cccc(Br)c1)C(=O)O. The molecule has 0 saturated heterocycles. The van der Waals surface area contributed by atoms with Crippen molar-refractivity contribution in [2.75, 3.05) is 7.05 Å². The molecular formula is C11H14BrNO2. The highest BCUT2D eigenvalue weighted by Crippen LogP contribution is 2.13. The third-order valence-corrected chi connectivity index (χ3v) is 2.75. The summed E-state index contributed by atoms with van der Waals surface area (Å²) in [6.45, 7) is 0. The van der Waals surface area contributed by atoms with Crippen LogP contribution >= 0.6 is 15.9 Å². The smallest absolute Gasteiger partial charge is 0.320 e. The quantitative estimate of drug-likeness (QED) is 0.862. The topological polar surface area (TPSA) is 49.3 Å². The Morgan fingerprint density at radius 2 is 2.33 bits per heavy atom. The number of hydrogen-bond acceptors (Lipinski definition) is 2. The van der Waals surface area contributed by atoms with Crippen LogP contribution in [0.1, 0.15) is 12.0 Å². The van der Waals surface area contributed by atoms with Crippen molar-refractivity contribution in [2.45, 2.75) is 18.9 Å². The molecule has 1 rings (SSSR count). The van der Waals surface area contributed by atoms with Gasteiger partial charge in [-0.3, -0.25) is 4.79 Å². The molecule has 1 aromatic carbocycles. The van der Waals surface area contributed by atoms with E-state index in [1.54, 1.807) is 7.05 Å². The lowest BCUT2D eigenvalue weighted by Gasteiger charge is -2.10. The molecule has 0 aliphatic carbocycles. The highest BCUT2D eigenvalue weighted by Gasteiger charge is 2.13. The molecule has 0 saturated carbocycles. The van der Waals surface area contributed by atoms with Crippen LogP contribution in [0.3, 0.4) is 0 Å². The van der Waals surface area contributed by atoms with Gasteiger partial charge < -0.3 is 10.4 Å². The van der Waals surface area contributed by atoms with Crippen molar-refractivity contribution in [2.24, 2.45) is 0 Å². The number of aliphatic carboxylic acids is 1. The maximum Gasteiger partial charge on any atom is 0.320 e. The summed E-state index contributed by atoms with van der Waals surface area (Å²) in [5, 5.41) is 11.6. The first-order chi connectivity index (χ1) is 7.13. The van der Waals surface area contributed by atoms with Crippen LogP contribution in [0, 0.1) is 0 Å². The molecule has 0 spiro atoms. The molecule has 0 heterocycles. The summed E-state index contributed by atoms with van der Waals surface area (Å²) in [7, 11) is 1.67. The molecule has 82 valence electrons. The molecule has 1 unspecified atom stereocenters. The summed E-state index contributed by atoms with van der Waals surface area (Å²) in [4.78, 5) is 10.7. The van der Waals surface area contributed by atoms with Gasteiger partial charge in [0.05, 0.1) is 0 Å². The standard InChI is InChI=1S/C11H14BrNO2/c1-13-10(11(14)15)6-5-8-3-2-4-9(12)7-8/h2-4,7,10,13H,5-6H2,1H3,(H,14,15). The highest BCUT2D eigenvalue weighted by atomic mass is 79.9. The van der Waals surface area contributed by atoms with Gasteiger partial charge in [-0.25, -0.2) is 0 Å². The number of carbonyl (C=O) groups is 1. The molecule has 0 aliphatic rings. The van der Waals surface area contributed by atoms with E-state index < -0.39 is 12.0 Å². The number of carboxylic acid groups (broad SMARTS) is 1. The Kier molecular flexibility index (Phi) is 4.78. The number of rotatable bonds is 5. The lowest BCUT2D eigenvalue weighted by molar-refractivity contribution is -0.139. The molecule has 3 nitrogen and oxygen atoms in total. The molecule has 2 N–H and O–H groups in total. The molecule has 0 fully saturated rings. The van der Waals surface area contributed by atoms with Crippen LogP contribution in [-0.2, 0) is 11.2 Å². The fraction of sp³-hybridized carbons (Fsp3) is 0.364. The molecular weight excluding hydrogens is 258 g/mol. The molecule has 0 aromatic heterocycles. The number of hydrogen-bond donors (Lipinski definition) is 2. The highest BCUT2D eigenvalue weighted by molar-refractivity contribution is 9.10. The van der Waals surface area contributed by atoms with Crippen molar-refractivity contribution in [3.63, 3.8) is 0 Å². The monoisotopic (exact) mass is 271 g/mol. The fourth-order valence-electron chi connectivity index (χ4n) is 1.39. The van der Waals surface area contributed by atoms with Gasteiger partial charge in [0.2, 0.25) is 0 Å². The van der Waals surface area contributed by atoms with Gasteiger partial charge in [0, 0.05) is 4.47 Å². The van der Waals surface area contributed by atoms with E-state index in [0.29, 0.717) is 6.42 Å². The Hall–Kier alpha value is -0.870. The van der Waals surface area contributed by atoms with Crippen LogP contribution < -0.4 is 5.32 Å². The molecule has 0 aliphatic heterocycles. The van der Waals surface area contributed by atoms with Crippen LogP contribution in [0.4, 0.5) is 0 Å². The predicted octanol–water partition coefficient (Wildman–Crippen LogP) is 2.05. The summed E-state index contributed by atoms with van der Waals surface area (Å²) in [5.41, 5.74) is 1.14. The second-order valence-corrected chi connectivity index (χ2v) is 4.26. The first-order valence-electron chi connectivity index (χ1n) is 4.78. The minimum atomic E-state index is -0.799. The summed E-state index contributed by atoms with van der Waals surface area (Å²) < 4.78 is 1.02. The number of benzene rings is 1. The van der Waals surface area contributed by atoms with E-state index in [0.717, 1.165) is 16.5 Å². The maximum absolute atomic E-state index is 10.7. The Labute approximate surface area is 97.6 Å². The van der Waals surface area contributed by atoms with E-state index in [1.807, 2.05) is 24.3 Å². The van der Waals surface area contributed by atoms with Gasteiger partial charge >= 0.3 is 5.97 Å². The van der Waals surface area contributed by atoms with Gasteiger partial charge in [-0.2, -0.15) is 0 Å². The van der Waals surface area contributed by atoms with Crippen molar-refractivity contribution >= 4 is 21.9 Å². The number of halogens is 1. The molecule has 0 amide bonds. The molecule has 1 atom stereocenters. The second-order valence-electron chi connectivity index (χ2n) is 3.35. The number of carboxylic acids is 1. The van der Waals surface area contributed by atoms with Crippen LogP contribution in [0.15, 0.2) is 28.7 Å². The maximum atomic E-state index is 10.7. The van der Waals surface area contributed by atoms with Gasteiger partial charge in [-0.05, 0) is 37.6 Å². The molecule has 0 bridgehead atoms. The zero-order chi connectivity index (χ0) is 11.3. The average molecular weight is 272 g/mol. The van der Waals surface area contributed by atoms with Crippen molar-refractivity contribution in [3.05, 3.63) is 34.3 Å². The van der Waals surface area contributed by atoms with Crippen molar-refractivity contribution in [3.8, 4) is 0 Å². The van der Waals surface area contributed by atoms with Gasteiger partial charge in [-0.1, -0.05) is 28.1 Å². The zero-order valence-electron chi connectivity index (χ0n) is 8.53. The minimum absolute atomic E-state index is 0.469. The minimum Gasteiger partial charge on any atom is -0.480 e. The third kappa shape index (κ3) is 4.01. The van der Waals surface area contributed by atoms with E-state index in [-0.39, 0.29) is 0 Å². The van der Waals surface area contributed by atoms with Crippen molar-refractivity contribution in [1.29, 1.82) is 0 Å². The largest absolute Gasteiger partial charge is 0.480 e. The number of nitrogens with one attached hydrogen (secondary N) is 1. The molecule has 1 aromatic rings. The van der Waals surface area contributed by atoms with Gasteiger partial charge in [0.15, 0.2) is 0 Å². The van der Waals surface area contributed by atoms with E-state index in [1.165, 1.54) is 0 Å². The zero-order valence-corrected chi connectivity index (χ0v) is 10.1. The van der Waals surface area contributed by atoms with E-state index in [4.69, 9.17) is 5.11 Å². The first kappa shape index (κ1) is 12.2. The average Bonchev–Trinajstić information content (AvgIpc) is 2.18.